The fourth-order valence-corrected chi connectivity index (χ4v) is 4.72. The van der Waals surface area contributed by atoms with Crippen molar-refractivity contribution >= 4 is 5.91 Å². The minimum Gasteiger partial charge on any atom is -0.377 e. The molecule has 3 rings (SSSR count). The Bertz CT molecular complexity index is 409. The summed E-state index contributed by atoms with van der Waals surface area (Å²) in [6.45, 7) is 7.15. The van der Waals surface area contributed by atoms with Crippen molar-refractivity contribution in [1.29, 1.82) is 0 Å². The van der Waals surface area contributed by atoms with Crippen molar-refractivity contribution < 1.29 is 9.53 Å². The van der Waals surface area contributed by atoms with Gasteiger partial charge in [0.05, 0.1) is 6.10 Å². The van der Waals surface area contributed by atoms with Gasteiger partial charge in [0, 0.05) is 24.0 Å². The molecule has 4 heteroatoms. The average Bonchev–Trinajstić information content (AvgIpc) is 2.85. The van der Waals surface area contributed by atoms with E-state index in [1.54, 1.807) is 0 Å². The molecule has 0 aromatic heterocycles. The number of fused-ring (bicyclic) bond motifs is 1. The minimum atomic E-state index is -0.755. The smallest absolute Gasteiger partial charge is 0.241 e. The molecule has 4 nitrogen and oxygen atoms in total. The number of nitrogens with one attached hydrogen (secondary N) is 1. The third kappa shape index (κ3) is 1.84. The molecule has 0 aromatic carbocycles. The fourth-order valence-electron chi connectivity index (χ4n) is 4.72. The van der Waals surface area contributed by atoms with Gasteiger partial charge in [-0.05, 0) is 25.2 Å². The van der Waals surface area contributed by atoms with Gasteiger partial charge in [-0.3, -0.25) is 4.79 Å². The van der Waals surface area contributed by atoms with Crippen molar-refractivity contribution in [3.8, 4) is 0 Å². The summed E-state index contributed by atoms with van der Waals surface area (Å²) in [5.41, 5.74) is 5.55. The summed E-state index contributed by atoms with van der Waals surface area (Å²) in [6.07, 6.45) is 5.75. The van der Waals surface area contributed by atoms with Crippen molar-refractivity contribution in [3.63, 3.8) is 0 Å². The van der Waals surface area contributed by atoms with E-state index in [2.05, 4.69) is 26.1 Å². The van der Waals surface area contributed by atoms with Gasteiger partial charge >= 0.3 is 0 Å². The monoisotopic (exact) mass is 280 g/mol. The molecule has 0 radical (unpaired) electrons. The van der Waals surface area contributed by atoms with Gasteiger partial charge in [0.1, 0.15) is 5.54 Å². The molecule has 2 aliphatic carbocycles. The molecule has 0 bridgehead atoms. The molecule has 1 saturated heterocycles. The number of hydrogen-bond acceptors (Lipinski definition) is 3. The molecular weight excluding hydrogens is 252 g/mol. The predicted molar refractivity (Wildman–Crippen MR) is 78.1 cm³/mol. The molecule has 3 fully saturated rings. The summed E-state index contributed by atoms with van der Waals surface area (Å²) >= 11 is 0. The van der Waals surface area contributed by atoms with Crippen LogP contribution in [0.1, 0.15) is 52.9 Å². The van der Waals surface area contributed by atoms with Gasteiger partial charge < -0.3 is 15.8 Å². The zero-order valence-corrected chi connectivity index (χ0v) is 12.9. The van der Waals surface area contributed by atoms with Crippen LogP contribution in [0.5, 0.6) is 0 Å². The predicted octanol–water partition coefficient (Wildman–Crippen LogP) is 1.82. The second-order valence-corrected chi connectivity index (χ2v) is 7.72. The van der Waals surface area contributed by atoms with Gasteiger partial charge in [-0.15, -0.1) is 0 Å². The van der Waals surface area contributed by atoms with Gasteiger partial charge in [0.25, 0.3) is 0 Å². The zero-order chi connectivity index (χ0) is 14.5. The molecule has 114 valence electrons. The second-order valence-electron chi connectivity index (χ2n) is 7.72. The number of ether oxygens (including phenoxy) is 1. The number of carbonyl (C=O) groups excluding carboxylic acids is 1. The van der Waals surface area contributed by atoms with Crippen molar-refractivity contribution in [2.24, 2.45) is 23.0 Å². The topological polar surface area (TPSA) is 64.4 Å². The Balaban J connectivity index is 1.70. The highest BCUT2D eigenvalue weighted by Gasteiger charge is 2.71. The molecule has 1 heterocycles. The van der Waals surface area contributed by atoms with E-state index in [-0.39, 0.29) is 23.3 Å². The van der Waals surface area contributed by atoms with Gasteiger partial charge in [-0.1, -0.05) is 33.6 Å². The first kappa shape index (κ1) is 14.3. The lowest BCUT2D eigenvalue weighted by Gasteiger charge is -2.61. The Morgan fingerprint density at radius 3 is 2.75 bits per heavy atom. The highest BCUT2D eigenvalue weighted by atomic mass is 16.5. The van der Waals surface area contributed by atoms with Crippen LogP contribution in [0.15, 0.2) is 0 Å². The van der Waals surface area contributed by atoms with E-state index in [9.17, 15) is 4.79 Å². The molecule has 0 aromatic rings. The van der Waals surface area contributed by atoms with Crippen LogP contribution in [0, 0.1) is 17.3 Å². The van der Waals surface area contributed by atoms with E-state index < -0.39 is 5.54 Å². The number of nitrogens with two attached hydrogens (primary N) is 1. The highest BCUT2D eigenvalue weighted by Crippen LogP contribution is 2.58. The first-order chi connectivity index (χ1) is 9.37. The first-order valence-corrected chi connectivity index (χ1v) is 8.09. The second kappa shape index (κ2) is 4.70. The minimum absolute atomic E-state index is 0.0494. The maximum atomic E-state index is 12.8. The van der Waals surface area contributed by atoms with E-state index in [1.165, 1.54) is 12.8 Å². The molecule has 2 saturated carbocycles. The van der Waals surface area contributed by atoms with Crippen molar-refractivity contribution in [3.05, 3.63) is 0 Å². The van der Waals surface area contributed by atoms with Crippen LogP contribution in [0.4, 0.5) is 0 Å². The zero-order valence-electron chi connectivity index (χ0n) is 12.9. The average molecular weight is 280 g/mol. The summed E-state index contributed by atoms with van der Waals surface area (Å²) in [4.78, 5) is 12.8. The SMILES string of the molecule is CC1CCCC(NC(=O)C2(N)C3CCOC3C2(C)C)C1. The summed E-state index contributed by atoms with van der Waals surface area (Å²) in [5.74, 6) is 0.951. The standard InChI is InChI=1S/C16H28N2O2/c1-10-5-4-6-11(9-10)18-14(19)16(17)12-7-8-20-13(12)15(16,2)3/h10-13H,4-9,17H2,1-3H3,(H,18,19). The quantitative estimate of drug-likeness (QED) is 0.811. The molecular formula is C16H28N2O2. The van der Waals surface area contributed by atoms with Gasteiger partial charge in [-0.2, -0.15) is 0 Å². The van der Waals surface area contributed by atoms with Crippen molar-refractivity contribution in [2.45, 2.75) is 70.6 Å². The Hall–Kier alpha value is -0.610. The fraction of sp³-hybridized carbons (Fsp3) is 0.938. The van der Waals surface area contributed by atoms with E-state index >= 15 is 0 Å². The Morgan fingerprint density at radius 2 is 2.05 bits per heavy atom. The molecule has 5 atom stereocenters. The van der Waals surface area contributed by atoms with Crippen LogP contribution in [0.3, 0.4) is 0 Å². The Kier molecular flexibility index (Phi) is 3.37. The molecule has 3 aliphatic rings. The summed E-state index contributed by atoms with van der Waals surface area (Å²) < 4.78 is 5.76. The molecule has 1 amide bonds. The molecule has 5 unspecified atom stereocenters. The van der Waals surface area contributed by atoms with E-state index in [0.717, 1.165) is 25.9 Å². The lowest BCUT2D eigenvalue weighted by Crippen LogP contribution is -2.80. The van der Waals surface area contributed by atoms with Crippen LogP contribution in [0.25, 0.3) is 0 Å². The van der Waals surface area contributed by atoms with E-state index in [0.29, 0.717) is 12.0 Å². The lowest BCUT2D eigenvalue weighted by atomic mass is 9.48. The number of carbonyl (C=O) groups is 1. The van der Waals surface area contributed by atoms with Crippen LogP contribution < -0.4 is 11.1 Å². The van der Waals surface area contributed by atoms with Crippen LogP contribution in [0.2, 0.25) is 0 Å². The maximum absolute atomic E-state index is 12.8. The van der Waals surface area contributed by atoms with Crippen LogP contribution in [-0.4, -0.2) is 30.2 Å². The highest BCUT2D eigenvalue weighted by molar-refractivity contribution is 5.89. The third-order valence-electron chi connectivity index (χ3n) is 6.10. The van der Waals surface area contributed by atoms with Crippen LogP contribution in [-0.2, 0) is 9.53 Å². The summed E-state index contributed by atoms with van der Waals surface area (Å²) in [7, 11) is 0. The third-order valence-corrected chi connectivity index (χ3v) is 6.10. The summed E-state index contributed by atoms with van der Waals surface area (Å²) in [6, 6.07) is 0.309. The lowest BCUT2D eigenvalue weighted by molar-refractivity contribution is -0.176. The van der Waals surface area contributed by atoms with Crippen LogP contribution >= 0.6 is 0 Å². The largest absolute Gasteiger partial charge is 0.377 e. The Morgan fingerprint density at radius 1 is 1.30 bits per heavy atom. The van der Waals surface area contributed by atoms with Crippen molar-refractivity contribution in [1.82, 2.24) is 5.32 Å². The molecule has 3 N–H and O–H groups in total. The van der Waals surface area contributed by atoms with Crippen molar-refractivity contribution in [2.75, 3.05) is 6.61 Å². The summed E-state index contributed by atoms with van der Waals surface area (Å²) in [5, 5.41) is 3.24. The molecule has 0 spiro atoms. The molecule has 1 aliphatic heterocycles. The molecule has 20 heavy (non-hydrogen) atoms. The number of rotatable bonds is 2. The van der Waals surface area contributed by atoms with Gasteiger partial charge in [0.2, 0.25) is 5.91 Å². The first-order valence-electron chi connectivity index (χ1n) is 8.09. The van der Waals surface area contributed by atoms with Gasteiger partial charge in [0.15, 0.2) is 0 Å². The van der Waals surface area contributed by atoms with E-state index in [1.807, 2.05) is 0 Å². The van der Waals surface area contributed by atoms with Gasteiger partial charge in [-0.25, -0.2) is 0 Å². The maximum Gasteiger partial charge on any atom is 0.241 e. The Labute approximate surface area is 121 Å². The van der Waals surface area contributed by atoms with E-state index in [4.69, 9.17) is 10.5 Å². The number of amides is 1. The number of hydrogen-bond donors (Lipinski definition) is 2. The normalized spacial score (nSPS) is 46.4.